The van der Waals surface area contributed by atoms with Gasteiger partial charge < -0.3 is 25.4 Å². The lowest BCUT2D eigenvalue weighted by molar-refractivity contribution is -0.138. The predicted molar refractivity (Wildman–Crippen MR) is 137 cm³/mol. The van der Waals surface area contributed by atoms with Gasteiger partial charge in [0, 0.05) is 37.1 Å². The lowest BCUT2D eigenvalue weighted by Gasteiger charge is -2.37. The first-order chi connectivity index (χ1) is 16.7. The number of piperidine rings is 1. The minimum atomic E-state index is -1.01. The predicted octanol–water partition coefficient (Wildman–Crippen LogP) is 3.76. The number of aromatic nitrogens is 2. The van der Waals surface area contributed by atoms with Crippen molar-refractivity contribution in [1.82, 2.24) is 14.9 Å². The molecule has 35 heavy (non-hydrogen) atoms. The number of amides is 1. The summed E-state index contributed by atoms with van der Waals surface area (Å²) in [5.74, 6) is -0.120. The minimum absolute atomic E-state index is 0.122. The highest BCUT2D eigenvalue weighted by Gasteiger charge is 2.28. The normalized spacial score (nSPS) is 15.4. The molecule has 1 aromatic carbocycles. The molecule has 3 heterocycles. The highest BCUT2D eigenvalue weighted by Crippen LogP contribution is 2.37. The summed E-state index contributed by atoms with van der Waals surface area (Å²) in [6.07, 6.45) is 3.19. The summed E-state index contributed by atoms with van der Waals surface area (Å²) in [7, 11) is 2.05. The maximum Gasteiger partial charge on any atom is 0.410 e. The van der Waals surface area contributed by atoms with Gasteiger partial charge in [0.1, 0.15) is 18.2 Å². The summed E-state index contributed by atoms with van der Waals surface area (Å²) in [5.41, 5.74) is 9.45. The van der Waals surface area contributed by atoms with Gasteiger partial charge in [0.05, 0.1) is 16.3 Å². The lowest BCUT2D eigenvalue weighted by Crippen LogP contribution is -2.46. The number of fused-ring (bicyclic) bond motifs is 1. The van der Waals surface area contributed by atoms with Crippen molar-refractivity contribution in [2.24, 2.45) is 5.73 Å². The van der Waals surface area contributed by atoms with Crippen molar-refractivity contribution in [2.75, 3.05) is 25.0 Å². The third-order valence-corrected chi connectivity index (χ3v) is 7.28. The van der Waals surface area contributed by atoms with E-state index in [9.17, 15) is 9.59 Å². The molecule has 3 N–H and O–H groups in total. The van der Waals surface area contributed by atoms with Crippen LogP contribution in [0.3, 0.4) is 0 Å². The summed E-state index contributed by atoms with van der Waals surface area (Å²) in [6, 6.07) is 7.12. The number of nitrogens with zero attached hydrogens (tertiary/aromatic N) is 4. The Morgan fingerprint density at radius 3 is 2.54 bits per heavy atom. The number of anilines is 1. The fourth-order valence-electron chi connectivity index (χ4n) is 4.34. The molecule has 10 heteroatoms. The number of rotatable bonds is 7. The molecule has 0 bridgehead atoms. The summed E-state index contributed by atoms with van der Waals surface area (Å²) < 4.78 is 6.35. The van der Waals surface area contributed by atoms with Crippen LogP contribution in [0.1, 0.15) is 32.3 Å². The molecule has 0 radical (unpaired) electrons. The molecular weight excluding hydrogens is 466 g/mol. The van der Waals surface area contributed by atoms with Gasteiger partial charge in [-0.05, 0) is 44.2 Å². The Morgan fingerprint density at radius 2 is 1.91 bits per heavy atom. The van der Waals surface area contributed by atoms with E-state index in [1.165, 1.54) is 0 Å². The molecule has 1 aliphatic heterocycles. The van der Waals surface area contributed by atoms with Gasteiger partial charge >= 0.3 is 12.1 Å². The lowest BCUT2D eigenvalue weighted by atomic mass is 10.0. The van der Waals surface area contributed by atoms with Crippen LogP contribution in [0, 0.1) is 0 Å². The molecule has 4 rings (SSSR count). The highest BCUT2D eigenvalue weighted by molar-refractivity contribution is 7.18. The van der Waals surface area contributed by atoms with Crippen molar-refractivity contribution in [3.05, 3.63) is 41.5 Å². The maximum atomic E-state index is 12.2. The van der Waals surface area contributed by atoms with Crippen molar-refractivity contribution in [2.45, 2.75) is 51.3 Å². The van der Waals surface area contributed by atoms with Crippen molar-refractivity contribution in [3.8, 4) is 11.1 Å². The van der Waals surface area contributed by atoms with E-state index in [0.29, 0.717) is 13.1 Å². The Hall–Kier alpha value is -3.24. The van der Waals surface area contributed by atoms with Gasteiger partial charge in [0.2, 0.25) is 0 Å². The van der Waals surface area contributed by atoms with Crippen LogP contribution in [0.25, 0.3) is 21.3 Å². The van der Waals surface area contributed by atoms with E-state index < -0.39 is 12.0 Å². The quantitative estimate of drug-likeness (QED) is 0.506. The topological polar surface area (TPSA) is 122 Å². The molecule has 0 saturated carbocycles. The zero-order valence-corrected chi connectivity index (χ0v) is 21.0. The Bertz CT molecular complexity index is 1190. The fraction of sp³-hybridized carbons (Fsp3) is 0.440. The number of aliphatic carboxylic acids is 1. The van der Waals surface area contributed by atoms with Crippen LogP contribution in [0.4, 0.5) is 10.6 Å². The number of hydrogen-bond acceptors (Lipinski definition) is 8. The van der Waals surface area contributed by atoms with Crippen LogP contribution < -0.4 is 10.6 Å². The van der Waals surface area contributed by atoms with E-state index in [4.69, 9.17) is 15.6 Å². The first kappa shape index (κ1) is 24.9. The van der Waals surface area contributed by atoms with E-state index in [1.807, 2.05) is 38.1 Å². The van der Waals surface area contributed by atoms with Crippen LogP contribution in [-0.4, -0.2) is 70.4 Å². The number of carboxylic acids is 1. The van der Waals surface area contributed by atoms with Crippen molar-refractivity contribution in [3.63, 3.8) is 0 Å². The summed E-state index contributed by atoms with van der Waals surface area (Å²) in [6.45, 7) is 5.03. The highest BCUT2D eigenvalue weighted by atomic mass is 32.1. The number of carbonyl (C=O) groups is 2. The average molecular weight is 498 g/mol. The number of carboxylic acid groups (broad SMARTS) is 1. The zero-order chi connectivity index (χ0) is 25.1. The van der Waals surface area contributed by atoms with E-state index in [2.05, 4.69) is 27.3 Å². The van der Waals surface area contributed by atoms with Crippen LogP contribution in [0.15, 0.2) is 36.0 Å². The summed E-state index contributed by atoms with van der Waals surface area (Å²) in [5, 5.41) is 11.1. The van der Waals surface area contributed by atoms with Gasteiger partial charge in [-0.2, -0.15) is 0 Å². The third-order valence-electron chi connectivity index (χ3n) is 6.31. The molecule has 0 aliphatic carbocycles. The first-order valence-electron chi connectivity index (χ1n) is 11.7. The number of thiophene rings is 1. The van der Waals surface area contributed by atoms with Gasteiger partial charge in [-0.15, -0.1) is 11.3 Å². The third kappa shape index (κ3) is 5.54. The van der Waals surface area contributed by atoms with Gasteiger partial charge in [0.15, 0.2) is 0 Å². The number of benzene rings is 1. The Balaban J connectivity index is 1.49. The fourth-order valence-corrected chi connectivity index (χ4v) is 5.40. The molecule has 9 nitrogen and oxygen atoms in total. The molecule has 3 aromatic rings. The van der Waals surface area contributed by atoms with Crippen LogP contribution in [0.2, 0.25) is 0 Å². The van der Waals surface area contributed by atoms with E-state index in [1.54, 1.807) is 22.6 Å². The molecule has 0 spiro atoms. The summed E-state index contributed by atoms with van der Waals surface area (Å²) >= 11 is 1.61. The van der Waals surface area contributed by atoms with E-state index >= 15 is 0 Å². The zero-order valence-electron chi connectivity index (χ0n) is 20.2. The second-order valence-electron chi connectivity index (χ2n) is 9.13. The first-order valence-corrected chi connectivity index (χ1v) is 12.6. The van der Waals surface area contributed by atoms with Gasteiger partial charge in [-0.25, -0.2) is 14.8 Å². The number of ether oxygens (including phenoxy) is 1. The largest absolute Gasteiger partial charge is 0.480 e. The number of hydrogen-bond donors (Lipinski definition) is 2. The number of carbonyl (C=O) groups excluding carboxylic acids is 1. The molecule has 1 saturated heterocycles. The van der Waals surface area contributed by atoms with Gasteiger partial charge in [-0.3, -0.25) is 4.79 Å². The molecule has 0 unspecified atom stereocenters. The van der Waals surface area contributed by atoms with Crippen molar-refractivity contribution < 1.29 is 19.4 Å². The number of likely N-dealkylation sites (tertiary alicyclic amines) is 1. The second-order valence-corrected chi connectivity index (χ2v) is 10.0. The van der Waals surface area contributed by atoms with Crippen molar-refractivity contribution in [1.29, 1.82) is 0 Å². The Morgan fingerprint density at radius 1 is 1.23 bits per heavy atom. The van der Waals surface area contributed by atoms with E-state index in [-0.39, 0.29) is 24.7 Å². The Kier molecular flexibility index (Phi) is 7.51. The smallest absolute Gasteiger partial charge is 0.410 e. The van der Waals surface area contributed by atoms with Crippen LogP contribution >= 0.6 is 11.3 Å². The SMILES string of the molecule is CC(C)OC(=O)N1CCC(N(C)c2ncnc3c(-c4ccc(C[C@H](N)C(=O)O)cc4)csc23)CC1. The molecule has 1 aliphatic rings. The minimum Gasteiger partial charge on any atom is -0.480 e. The van der Waals surface area contributed by atoms with E-state index in [0.717, 1.165) is 45.6 Å². The molecule has 186 valence electrons. The summed E-state index contributed by atoms with van der Waals surface area (Å²) in [4.78, 5) is 36.4. The maximum absolute atomic E-state index is 12.2. The molecular formula is C25H31N5O4S. The Labute approximate surface area is 208 Å². The molecule has 2 aromatic heterocycles. The van der Waals surface area contributed by atoms with Crippen LogP contribution in [0.5, 0.6) is 0 Å². The molecule has 1 fully saturated rings. The monoisotopic (exact) mass is 497 g/mol. The molecule has 1 atom stereocenters. The second kappa shape index (κ2) is 10.6. The molecule has 1 amide bonds. The number of nitrogens with two attached hydrogens (primary N) is 1. The van der Waals surface area contributed by atoms with Crippen LogP contribution in [-0.2, 0) is 16.0 Å². The standard InChI is InChI=1S/C25H31N5O4S/c1-15(2)34-25(33)30-10-8-18(9-11-30)29(3)23-22-21(27-14-28-23)19(13-35-22)17-6-4-16(5-7-17)12-20(26)24(31)32/h4-7,13-15,18,20H,8-12,26H2,1-3H3,(H,31,32)/t20-/m0/s1. The van der Waals surface area contributed by atoms with Gasteiger partial charge in [-0.1, -0.05) is 24.3 Å². The van der Waals surface area contributed by atoms with Crippen molar-refractivity contribution >= 4 is 39.4 Å². The van der Waals surface area contributed by atoms with Gasteiger partial charge in [0.25, 0.3) is 0 Å². The average Bonchev–Trinajstić information content (AvgIpc) is 3.28.